The lowest BCUT2D eigenvalue weighted by Crippen LogP contribution is -2.22. The van der Waals surface area contributed by atoms with Crippen LogP contribution in [0.2, 0.25) is 30.7 Å². The van der Waals surface area contributed by atoms with Crippen molar-refractivity contribution in [2.45, 2.75) is 39.3 Å². The molecule has 2 heterocycles. The highest BCUT2D eigenvalue weighted by Gasteiger charge is 2.17. The maximum atomic E-state index is 6.22. The molecule has 0 spiro atoms. The lowest BCUT2D eigenvalue weighted by atomic mass is 10.1. The van der Waals surface area contributed by atoms with Gasteiger partial charge in [-0.1, -0.05) is 43.4 Å². The summed E-state index contributed by atoms with van der Waals surface area (Å²) in [4.78, 5) is 8.94. The van der Waals surface area contributed by atoms with Crippen LogP contribution in [-0.4, -0.2) is 29.2 Å². The first-order valence-electron chi connectivity index (χ1n) is 8.71. The minimum atomic E-state index is -1.11. The Morgan fingerprint density at radius 2 is 1.85 bits per heavy atom. The number of ether oxygens (including phenoxy) is 1. The molecule has 0 saturated carbocycles. The van der Waals surface area contributed by atoms with Gasteiger partial charge in [0, 0.05) is 31.5 Å². The van der Waals surface area contributed by atoms with Gasteiger partial charge in [-0.15, -0.1) is 0 Å². The fourth-order valence-electron chi connectivity index (χ4n) is 2.81. The summed E-state index contributed by atoms with van der Waals surface area (Å²) in [5.74, 6) is 1.14. The van der Waals surface area contributed by atoms with Crippen LogP contribution in [-0.2, 0) is 11.5 Å². The van der Waals surface area contributed by atoms with Crippen LogP contribution >= 0.6 is 11.6 Å². The van der Waals surface area contributed by atoms with E-state index in [-0.39, 0.29) is 0 Å². The van der Waals surface area contributed by atoms with Crippen LogP contribution < -0.4 is 5.73 Å². The van der Waals surface area contributed by atoms with Gasteiger partial charge in [-0.05, 0) is 30.7 Å². The highest BCUT2D eigenvalue weighted by atomic mass is 35.5. The average Bonchev–Trinajstić information content (AvgIpc) is 2.90. The van der Waals surface area contributed by atoms with Crippen molar-refractivity contribution in [3.05, 3.63) is 41.3 Å². The molecule has 0 aliphatic heterocycles. The molecule has 0 radical (unpaired) electrons. The number of hydrogen-bond donors (Lipinski definition) is 1. The fraction of sp³-hybridized carbons (Fsp3) is 0.368. The summed E-state index contributed by atoms with van der Waals surface area (Å²) in [5.41, 5.74) is 9.04. The fourth-order valence-corrected chi connectivity index (χ4v) is 3.70. The molecule has 0 saturated heterocycles. The van der Waals surface area contributed by atoms with E-state index in [9.17, 15) is 0 Å². The Balaban J connectivity index is 1.97. The largest absolute Gasteiger partial charge is 0.383 e. The quantitative estimate of drug-likeness (QED) is 0.479. The predicted octanol–water partition coefficient (Wildman–Crippen LogP) is 4.95. The first-order chi connectivity index (χ1) is 12.2. The van der Waals surface area contributed by atoms with E-state index in [1.54, 1.807) is 0 Å². The number of rotatable bonds is 6. The maximum absolute atomic E-state index is 6.22. The van der Waals surface area contributed by atoms with Gasteiger partial charge in [-0.25, -0.2) is 9.97 Å². The third kappa shape index (κ3) is 4.26. The summed E-state index contributed by atoms with van der Waals surface area (Å²) < 4.78 is 7.94. The van der Waals surface area contributed by atoms with E-state index < -0.39 is 8.07 Å². The van der Waals surface area contributed by atoms with E-state index in [0.717, 1.165) is 34.8 Å². The van der Waals surface area contributed by atoms with E-state index >= 15 is 0 Å². The first kappa shape index (κ1) is 18.9. The van der Waals surface area contributed by atoms with Crippen LogP contribution in [0.5, 0.6) is 0 Å². The second kappa shape index (κ2) is 7.38. The molecule has 5 nitrogen and oxygen atoms in total. The summed E-state index contributed by atoms with van der Waals surface area (Å²) in [6.45, 7) is 10.1. The second-order valence-electron chi connectivity index (χ2n) is 7.72. The molecule has 0 atom stereocenters. The number of benzene rings is 1. The smallest absolute Gasteiger partial charge is 0.148 e. The van der Waals surface area contributed by atoms with Crippen molar-refractivity contribution < 1.29 is 4.74 Å². The van der Waals surface area contributed by atoms with Crippen LogP contribution in [0.4, 0.5) is 5.82 Å². The van der Waals surface area contributed by atoms with Gasteiger partial charge in [-0.2, -0.15) is 0 Å². The van der Waals surface area contributed by atoms with Crippen molar-refractivity contribution in [2.24, 2.45) is 0 Å². The number of fused-ring (bicyclic) bond motifs is 1. The normalized spacial score (nSPS) is 12.0. The monoisotopic (exact) mass is 388 g/mol. The maximum Gasteiger partial charge on any atom is 0.148 e. The zero-order valence-electron chi connectivity index (χ0n) is 15.7. The van der Waals surface area contributed by atoms with Crippen molar-refractivity contribution in [1.82, 2.24) is 14.5 Å². The molecule has 2 N–H and O–H groups in total. The summed E-state index contributed by atoms with van der Waals surface area (Å²) in [6.07, 6.45) is 2.03. The van der Waals surface area contributed by atoms with Gasteiger partial charge in [0.15, 0.2) is 0 Å². The highest BCUT2D eigenvalue weighted by Crippen LogP contribution is 2.33. The predicted molar refractivity (Wildman–Crippen MR) is 111 cm³/mol. The molecule has 0 aliphatic rings. The van der Waals surface area contributed by atoms with Gasteiger partial charge < -0.3 is 15.0 Å². The van der Waals surface area contributed by atoms with Crippen molar-refractivity contribution in [3.8, 4) is 11.1 Å². The van der Waals surface area contributed by atoms with Crippen LogP contribution in [0.3, 0.4) is 0 Å². The van der Waals surface area contributed by atoms with E-state index in [1.807, 2.05) is 42.0 Å². The third-order valence-corrected chi connectivity index (χ3v) is 6.19. The second-order valence-corrected chi connectivity index (χ2v) is 13.8. The highest BCUT2D eigenvalue weighted by molar-refractivity contribution is 6.76. The molecule has 1 aromatic carbocycles. The molecule has 0 amide bonds. The van der Waals surface area contributed by atoms with Crippen molar-refractivity contribution in [3.63, 3.8) is 0 Å². The molecule has 0 fully saturated rings. The standard InChI is InChI=1S/C19H25ClN4OSi/c1-13-22-18(21)17-16(14-5-7-15(20)8-6-14)11-24(19(17)23-13)12-25-9-10-26(2,3)4/h5-8,11H,9-10,12H2,1-4H3,(H2,21,22,23). The minimum Gasteiger partial charge on any atom is -0.383 e. The van der Waals surface area contributed by atoms with E-state index in [2.05, 4.69) is 29.6 Å². The lowest BCUT2D eigenvalue weighted by Gasteiger charge is -2.15. The number of aromatic nitrogens is 3. The third-order valence-electron chi connectivity index (χ3n) is 4.24. The van der Waals surface area contributed by atoms with Gasteiger partial charge >= 0.3 is 0 Å². The Hall–Kier alpha value is -1.89. The number of nitrogen functional groups attached to an aromatic ring is 1. The molecular weight excluding hydrogens is 364 g/mol. The topological polar surface area (TPSA) is 66.0 Å². The van der Waals surface area contributed by atoms with Crippen LogP contribution in [0.25, 0.3) is 22.2 Å². The number of nitrogens with zero attached hydrogens (tertiary/aromatic N) is 3. The SMILES string of the molecule is Cc1nc(N)c2c(-c3ccc(Cl)cc3)cn(COCC[Si](C)(C)C)c2n1. The molecule has 7 heteroatoms. The molecule has 0 bridgehead atoms. The molecule has 138 valence electrons. The van der Waals surface area contributed by atoms with Gasteiger partial charge in [0.25, 0.3) is 0 Å². The molecule has 0 aliphatic carbocycles. The minimum absolute atomic E-state index is 0.449. The molecular formula is C19H25ClN4OSi. The number of aryl methyl sites for hydroxylation is 1. The van der Waals surface area contributed by atoms with E-state index in [0.29, 0.717) is 23.4 Å². The summed E-state index contributed by atoms with van der Waals surface area (Å²) in [6, 6.07) is 8.83. The van der Waals surface area contributed by atoms with Crippen molar-refractivity contribution in [2.75, 3.05) is 12.3 Å². The summed E-state index contributed by atoms with van der Waals surface area (Å²) >= 11 is 6.02. The summed E-state index contributed by atoms with van der Waals surface area (Å²) in [7, 11) is -1.11. The van der Waals surface area contributed by atoms with Gasteiger partial charge in [0.05, 0.1) is 5.39 Å². The lowest BCUT2D eigenvalue weighted by molar-refractivity contribution is 0.0899. The zero-order chi connectivity index (χ0) is 18.9. The Morgan fingerprint density at radius 3 is 2.50 bits per heavy atom. The first-order valence-corrected chi connectivity index (χ1v) is 12.8. The van der Waals surface area contributed by atoms with Crippen LogP contribution in [0.15, 0.2) is 30.5 Å². The molecule has 26 heavy (non-hydrogen) atoms. The molecule has 3 rings (SSSR count). The van der Waals surface area contributed by atoms with E-state index in [1.165, 1.54) is 0 Å². The number of nitrogens with two attached hydrogens (primary N) is 1. The van der Waals surface area contributed by atoms with Crippen molar-refractivity contribution >= 4 is 36.5 Å². The van der Waals surface area contributed by atoms with Crippen molar-refractivity contribution in [1.29, 1.82) is 0 Å². The molecule has 3 aromatic rings. The van der Waals surface area contributed by atoms with Crippen LogP contribution in [0, 0.1) is 6.92 Å². The Kier molecular flexibility index (Phi) is 5.36. The average molecular weight is 389 g/mol. The molecule has 0 unspecified atom stereocenters. The zero-order valence-corrected chi connectivity index (χ0v) is 17.5. The summed E-state index contributed by atoms with van der Waals surface area (Å²) in [5, 5.41) is 1.55. The number of anilines is 1. The van der Waals surface area contributed by atoms with Gasteiger partial charge in [0.1, 0.15) is 24.0 Å². The Labute approximate surface area is 160 Å². The van der Waals surface area contributed by atoms with Crippen LogP contribution in [0.1, 0.15) is 5.82 Å². The van der Waals surface area contributed by atoms with Gasteiger partial charge in [-0.3, -0.25) is 0 Å². The van der Waals surface area contributed by atoms with Gasteiger partial charge in [0.2, 0.25) is 0 Å². The van der Waals surface area contributed by atoms with E-state index in [4.69, 9.17) is 22.1 Å². The Bertz CT molecular complexity index is 916. The number of hydrogen-bond acceptors (Lipinski definition) is 4. The number of halogens is 1. The Morgan fingerprint density at radius 1 is 1.15 bits per heavy atom. The molecule has 2 aromatic heterocycles.